The van der Waals surface area contributed by atoms with E-state index in [9.17, 15) is 4.79 Å². The van der Waals surface area contributed by atoms with E-state index < -0.39 is 0 Å². The van der Waals surface area contributed by atoms with Gasteiger partial charge in [-0.3, -0.25) is 0 Å². The van der Waals surface area contributed by atoms with Crippen LogP contribution in [0.4, 0.5) is 5.82 Å². The fourth-order valence-corrected chi connectivity index (χ4v) is 3.52. The number of ether oxygens (including phenoxy) is 1. The summed E-state index contributed by atoms with van der Waals surface area (Å²) in [7, 11) is 0. The minimum atomic E-state index is -0.372. The molecule has 0 radical (unpaired) electrons. The highest BCUT2D eigenvalue weighted by Gasteiger charge is 2.28. The van der Waals surface area contributed by atoms with Crippen molar-refractivity contribution in [2.45, 2.75) is 19.8 Å². The molecule has 5 nitrogen and oxygen atoms in total. The van der Waals surface area contributed by atoms with E-state index in [4.69, 9.17) is 14.7 Å². The first-order valence-electron chi connectivity index (χ1n) is 9.73. The third kappa shape index (κ3) is 3.60. The summed E-state index contributed by atoms with van der Waals surface area (Å²) in [5, 5.41) is 0. The molecule has 0 unspecified atom stereocenters. The van der Waals surface area contributed by atoms with Crippen molar-refractivity contribution < 1.29 is 9.53 Å². The van der Waals surface area contributed by atoms with Crippen LogP contribution >= 0.6 is 0 Å². The smallest absolute Gasteiger partial charge is 0.344 e. The summed E-state index contributed by atoms with van der Waals surface area (Å²) in [6.45, 7) is 3.89. The largest absolute Gasteiger partial charge is 0.462 e. The minimum absolute atomic E-state index is 0.312. The lowest BCUT2D eigenvalue weighted by Gasteiger charge is -2.22. The third-order valence-electron chi connectivity index (χ3n) is 4.85. The first-order valence-corrected chi connectivity index (χ1v) is 9.73. The zero-order valence-electron chi connectivity index (χ0n) is 16.0. The van der Waals surface area contributed by atoms with E-state index in [1.54, 1.807) is 0 Å². The molecule has 28 heavy (non-hydrogen) atoms. The molecule has 4 rings (SSSR count). The maximum absolute atomic E-state index is 12.9. The Bertz CT molecular complexity index is 952. The van der Waals surface area contributed by atoms with Crippen molar-refractivity contribution >= 4 is 11.8 Å². The van der Waals surface area contributed by atoms with E-state index in [0.29, 0.717) is 29.5 Å². The normalized spacial score (nSPS) is 13.5. The van der Waals surface area contributed by atoms with Gasteiger partial charge in [-0.25, -0.2) is 14.8 Å². The van der Waals surface area contributed by atoms with Gasteiger partial charge in [-0.15, -0.1) is 0 Å². The molecule has 1 aliphatic rings. The summed E-state index contributed by atoms with van der Waals surface area (Å²) in [5.41, 5.74) is 2.88. The van der Waals surface area contributed by atoms with Crippen LogP contribution in [0, 0.1) is 0 Å². The molecule has 2 aromatic carbocycles. The first-order chi connectivity index (χ1) is 13.8. The summed E-state index contributed by atoms with van der Waals surface area (Å²) >= 11 is 0. The van der Waals surface area contributed by atoms with Crippen LogP contribution in [-0.2, 0) is 4.74 Å². The van der Waals surface area contributed by atoms with Gasteiger partial charge in [0, 0.05) is 24.2 Å². The molecule has 2 heterocycles. The van der Waals surface area contributed by atoms with Crippen LogP contribution < -0.4 is 4.90 Å². The Kier molecular flexibility index (Phi) is 5.33. The number of nitrogens with zero attached hydrogens (tertiary/aromatic N) is 3. The number of carbonyl (C=O) groups is 1. The second kappa shape index (κ2) is 8.21. The van der Waals surface area contributed by atoms with E-state index in [0.717, 1.165) is 37.1 Å². The molecule has 0 bridgehead atoms. The fourth-order valence-electron chi connectivity index (χ4n) is 3.52. The van der Waals surface area contributed by atoms with E-state index in [-0.39, 0.29) is 5.97 Å². The number of esters is 1. The summed E-state index contributed by atoms with van der Waals surface area (Å²) in [5.74, 6) is 0.918. The van der Waals surface area contributed by atoms with Gasteiger partial charge in [0.15, 0.2) is 5.82 Å². The van der Waals surface area contributed by atoms with Crippen LogP contribution in [0.25, 0.3) is 22.6 Å². The van der Waals surface area contributed by atoms with Gasteiger partial charge in [0.2, 0.25) is 0 Å². The zero-order chi connectivity index (χ0) is 19.3. The van der Waals surface area contributed by atoms with Crippen molar-refractivity contribution in [2.24, 2.45) is 0 Å². The van der Waals surface area contributed by atoms with E-state index in [1.165, 1.54) is 0 Å². The maximum atomic E-state index is 12.9. The Morgan fingerprint density at radius 3 is 2.14 bits per heavy atom. The number of hydrogen-bond acceptors (Lipinski definition) is 5. The number of aromatic nitrogens is 2. The molecule has 5 heteroatoms. The maximum Gasteiger partial charge on any atom is 0.344 e. The van der Waals surface area contributed by atoms with Gasteiger partial charge in [-0.05, 0) is 19.8 Å². The number of carbonyl (C=O) groups excluding carboxylic acids is 1. The van der Waals surface area contributed by atoms with Gasteiger partial charge in [-0.2, -0.15) is 0 Å². The fraction of sp³-hybridized carbons (Fsp3) is 0.261. The summed E-state index contributed by atoms with van der Waals surface area (Å²) in [4.78, 5) is 24.7. The molecule has 1 aromatic heterocycles. The summed E-state index contributed by atoms with van der Waals surface area (Å²) in [6.07, 6.45) is 2.18. The molecule has 0 atom stereocenters. The minimum Gasteiger partial charge on any atom is -0.462 e. The van der Waals surface area contributed by atoms with Crippen LogP contribution in [0.1, 0.15) is 30.1 Å². The molecule has 1 aliphatic heterocycles. The third-order valence-corrected chi connectivity index (χ3v) is 4.85. The van der Waals surface area contributed by atoms with E-state index in [2.05, 4.69) is 4.90 Å². The van der Waals surface area contributed by atoms with Crippen molar-refractivity contribution in [2.75, 3.05) is 24.6 Å². The Morgan fingerprint density at radius 2 is 1.54 bits per heavy atom. The molecule has 3 aromatic rings. The van der Waals surface area contributed by atoms with Gasteiger partial charge < -0.3 is 9.64 Å². The Morgan fingerprint density at radius 1 is 0.929 bits per heavy atom. The summed E-state index contributed by atoms with van der Waals surface area (Å²) < 4.78 is 5.39. The van der Waals surface area contributed by atoms with Crippen molar-refractivity contribution in [3.63, 3.8) is 0 Å². The van der Waals surface area contributed by atoms with Crippen LogP contribution in [-0.4, -0.2) is 35.6 Å². The van der Waals surface area contributed by atoms with Crippen molar-refractivity contribution in [3.8, 4) is 22.6 Å². The van der Waals surface area contributed by atoms with Crippen LogP contribution in [0.2, 0.25) is 0 Å². The van der Waals surface area contributed by atoms with Crippen molar-refractivity contribution in [3.05, 3.63) is 66.2 Å². The SMILES string of the molecule is CCOC(=O)c1c(-c2ccccc2)nc(-c2ccccc2)nc1N1CCCC1. The molecule has 0 amide bonds. The molecular formula is C23H23N3O2. The second-order valence-corrected chi connectivity index (χ2v) is 6.74. The van der Waals surface area contributed by atoms with Crippen LogP contribution in [0.5, 0.6) is 0 Å². The Labute approximate surface area is 165 Å². The average molecular weight is 373 g/mol. The molecule has 142 valence electrons. The first kappa shape index (κ1) is 18.2. The lowest BCUT2D eigenvalue weighted by Crippen LogP contribution is -2.24. The zero-order valence-corrected chi connectivity index (χ0v) is 16.0. The predicted molar refractivity (Wildman–Crippen MR) is 110 cm³/mol. The lowest BCUT2D eigenvalue weighted by molar-refractivity contribution is 0.0527. The molecule has 0 aliphatic carbocycles. The Balaban J connectivity index is 1.97. The van der Waals surface area contributed by atoms with Crippen LogP contribution in [0.3, 0.4) is 0 Å². The van der Waals surface area contributed by atoms with Gasteiger partial charge >= 0.3 is 5.97 Å². The quantitative estimate of drug-likeness (QED) is 0.613. The number of benzene rings is 2. The van der Waals surface area contributed by atoms with Gasteiger partial charge in [0.1, 0.15) is 11.4 Å². The van der Waals surface area contributed by atoms with Crippen molar-refractivity contribution in [1.29, 1.82) is 0 Å². The van der Waals surface area contributed by atoms with Crippen LogP contribution in [0.15, 0.2) is 60.7 Å². The molecule has 0 spiro atoms. The molecule has 0 N–H and O–H groups in total. The highest BCUT2D eigenvalue weighted by Crippen LogP contribution is 2.33. The molecule has 1 fully saturated rings. The predicted octanol–water partition coefficient (Wildman–Crippen LogP) is 4.59. The second-order valence-electron chi connectivity index (χ2n) is 6.74. The highest BCUT2D eigenvalue weighted by molar-refractivity contribution is 6.01. The topological polar surface area (TPSA) is 55.3 Å². The van der Waals surface area contributed by atoms with Gasteiger partial charge in [-0.1, -0.05) is 60.7 Å². The monoisotopic (exact) mass is 373 g/mol. The van der Waals surface area contributed by atoms with Gasteiger partial charge in [0.05, 0.1) is 12.3 Å². The molecular weight excluding hydrogens is 350 g/mol. The molecule has 0 saturated carbocycles. The van der Waals surface area contributed by atoms with Gasteiger partial charge in [0.25, 0.3) is 0 Å². The van der Waals surface area contributed by atoms with E-state index in [1.807, 2.05) is 67.6 Å². The standard InChI is InChI=1S/C23H23N3O2/c1-2-28-23(27)19-20(17-11-5-3-6-12-17)24-21(18-13-7-4-8-14-18)25-22(19)26-15-9-10-16-26/h3-8,11-14H,2,9-10,15-16H2,1H3. The molecule has 1 saturated heterocycles. The summed E-state index contributed by atoms with van der Waals surface area (Å²) in [6, 6.07) is 19.7. The number of anilines is 1. The van der Waals surface area contributed by atoms with Crippen molar-refractivity contribution in [1.82, 2.24) is 9.97 Å². The highest BCUT2D eigenvalue weighted by atomic mass is 16.5. The lowest BCUT2D eigenvalue weighted by atomic mass is 10.0. The average Bonchev–Trinajstić information content (AvgIpc) is 3.29. The van der Waals surface area contributed by atoms with E-state index >= 15 is 0 Å². The Hall–Kier alpha value is -3.21. The number of hydrogen-bond donors (Lipinski definition) is 0. The number of rotatable bonds is 5.